The molecule has 1 heterocycles. The summed E-state index contributed by atoms with van der Waals surface area (Å²) in [6.07, 6.45) is 3.55. The van der Waals surface area contributed by atoms with E-state index in [9.17, 15) is 8.42 Å². The number of thiophene rings is 1. The molecule has 1 atom stereocenters. The first kappa shape index (κ1) is 13.6. The van der Waals surface area contributed by atoms with Gasteiger partial charge in [-0.1, -0.05) is 6.07 Å². The van der Waals surface area contributed by atoms with Crippen LogP contribution in [0.15, 0.2) is 17.5 Å². The molecule has 0 aromatic carbocycles. The van der Waals surface area contributed by atoms with Crippen molar-refractivity contribution in [1.82, 2.24) is 5.43 Å². The van der Waals surface area contributed by atoms with Gasteiger partial charge in [-0.2, -0.15) is 0 Å². The third-order valence-corrected chi connectivity index (χ3v) is 4.26. The molecule has 0 aliphatic carbocycles. The molecule has 0 aliphatic rings. The van der Waals surface area contributed by atoms with Gasteiger partial charge in [0, 0.05) is 22.9 Å². The van der Waals surface area contributed by atoms with Crippen LogP contribution < -0.4 is 11.3 Å². The third-order valence-electron chi connectivity index (χ3n) is 2.33. The molecule has 1 aromatic rings. The highest BCUT2D eigenvalue weighted by Crippen LogP contribution is 2.13. The van der Waals surface area contributed by atoms with Gasteiger partial charge in [0.15, 0.2) is 0 Å². The second-order valence-corrected chi connectivity index (χ2v) is 7.21. The van der Waals surface area contributed by atoms with Crippen molar-refractivity contribution in [3.63, 3.8) is 0 Å². The lowest BCUT2D eigenvalue weighted by molar-refractivity contribution is 0.487. The standard InChI is InChI=1S/C10H18N2O2S2/c1-16(13,14)7-3-4-9(12-11)8-10-5-2-6-15-10/h2,5-6,9,12H,3-4,7-8,11H2,1H3. The highest BCUT2D eigenvalue weighted by Gasteiger charge is 2.10. The lowest BCUT2D eigenvalue weighted by Crippen LogP contribution is -2.36. The number of nitrogens with two attached hydrogens (primary N) is 1. The van der Waals surface area contributed by atoms with Gasteiger partial charge < -0.3 is 0 Å². The molecular weight excluding hydrogens is 244 g/mol. The van der Waals surface area contributed by atoms with Crippen molar-refractivity contribution in [2.45, 2.75) is 25.3 Å². The van der Waals surface area contributed by atoms with Gasteiger partial charge in [-0.25, -0.2) is 8.42 Å². The second kappa shape index (κ2) is 6.34. The van der Waals surface area contributed by atoms with Gasteiger partial charge in [0.25, 0.3) is 0 Å². The van der Waals surface area contributed by atoms with Crippen LogP contribution >= 0.6 is 11.3 Å². The molecule has 1 rings (SSSR count). The summed E-state index contributed by atoms with van der Waals surface area (Å²) in [7, 11) is -2.86. The fourth-order valence-electron chi connectivity index (χ4n) is 1.51. The monoisotopic (exact) mass is 262 g/mol. The first-order chi connectivity index (χ1) is 7.51. The lowest BCUT2D eigenvalue weighted by Gasteiger charge is -2.14. The van der Waals surface area contributed by atoms with Gasteiger partial charge in [0.05, 0.1) is 0 Å². The molecule has 0 amide bonds. The van der Waals surface area contributed by atoms with Crippen molar-refractivity contribution in [2.75, 3.05) is 12.0 Å². The fourth-order valence-corrected chi connectivity index (χ4v) is 2.99. The average molecular weight is 262 g/mol. The predicted octanol–water partition coefficient (Wildman–Crippen LogP) is 0.947. The quantitative estimate of drug-likeness (QED) is 0.567. The van der Waals surface area contributed by atoms with Crippen LogP contribution in [0.4, 0.5) is 0 Å². The van der Waals surface area contributed by atoms with E-state index >= 15 is 0 Å². The van der Waals surface area contributed by atoms with Crippen molar-refractivity contribution in [2.24, 2.45) is 5.84 Å². The Kier molecular flexibility index (Phi) is 5.40. The maximum absolute atomic E-state index is 11.0. The largest absolute Gasteiger partial charge is 0.271 e. The average Bonchev–Trinajstić information content (AvgIpc) is 2.67. The van der Waals surface area contributed by atoms with Gasteiger partial charge in [-0.15, -0.1) is 11.3 Å². The minimum atomic E-state index is -2.86. The van der Waals surface area contributed by atoms with E-state index in [1.807, 2.05) is 11.4 Å². The Morgan fingerprint density at radius 3 is 2.81 bits per heavy atom. The maximum Gasteiger partial charge on any atom is 0.147 e. The van der Waals surface area contributed by atoms with Gasteiger partial charge in [0.1, 0.15) is 9.84 Å². The Balaban J connectivity index is 2.32. The maximum atomic E-state index is 11.0. The summed E-state index contributed by atoms with van der Waals surface area (Å²) in [4.78, 5) is 1.27. The minimum absolute atomic E-state index is 0.153. The Labute approximate surface area is 101 Å². The normalized spacial score (nSPS) is 13.9. The van der Waals surface area contributed by atoms with Gasteiger partial charge in [-0.3, -0.25) is 11.3 Å². The van der Waals surface area contributed by atoms with Crippen LogP contribution in [-0.4, -0.2) is 26.5 Å². The van der Waals surface area contributed by atoms with Crippen LogP contribution in [0.5, 0.6) is 0 Å². The van der Waals surface area contributed by atoms with Crippen LogP contribution in [0.1, 0.15) is 17.7 Å². The lowest BCUT2D eigenvalue weighted by atomic mass is 10.1. The van der Waals surface area contributed by atoms with E-state index in [1.165, 1.54) is 11.1 Å². The first-order valence-corrected chi connectivity index (χ1v) is 8.11. The summed E-state index contributed by atoms with van der Waals surface area (Å²) in [6.45, 7) is 0. The zero-order chi connectivity index (χ0) is 12.0. The molecule has 92 valence electrons. The minimum Gasteiger partial charge on any atom is -0.271 e. The number of nitrogens with one attached hydrogen (secondary N) is 1. The Morgan fingerprint density at radius 1 is 1.56 bits per heavy atom. The number of hydrogen-bond donors (Lipinski definition) is 2. The molecule has 16 heavy (non-hydrogen) atoms. The fraction of sp³-hybridized carbons (Fsp3) is 0.600. The van der Waals surface area contributed by atoms with Crippen molar-refractivity contribution in [3.8, 4) is 0 Å². The van der Waals surface area contributed by atoms with Crippen molar-refractivity contribution < 1.29 is 8.42 Å². The molecule has 3 N–H and O–H groups in total. The molecule has 4 nitrogen and oxygen atoms in total. The van der Waals surface area contributed by atoms with E-state index in [0.717, 1.165) is 12.8 Å². The zero-order valence-electron chi connectivity index (χ0n) is 9.35. The van der Waals surface area contributed by atoms with Gasteiger partial charge in [0.2, 0.25) is 0 Å². The van der Waals surface area contributed by atoms with Crippen molar-refractivity contribution >= 4 is 21.2 Å². The van der Waals surface area contributed by atoms with E-state index in [-0.39, 0.29) is 11.8 Å². The van der Waals surface area contributed by atoms with Gasteiger partial charge in [-0.05, 0) is 30.7 Å². The highest BCUT2D eigenvalue weighted by molar-refractivity contribution is 7.90. The number of sulfone groups is 1. The third kappa shape index (κ3) is 5.60. The molecule has 0 radical (unpaired) electrons. The SMILES string of the molecule is CS(=O)(=O)CCCC(Cc1cccs1)NN. The van der Waals surface area contributed by atoms with Crippen molar-refractivity contribution in [1.29, 1.82) is 0 Å². The summed E-state index contributed by atoms with van der Waals surface area (Å²) >= 11 is 1.69. The van der Waals surface area contributed by atoms with Crippen LogP contribution in [0.2, 0.25) is 0 Å². The summed E-state index contributed by atoms with van der Waals surface area (Å²) in [5.74, 6) is 5.68. The van der Waals surface area contributed by atoms with Crippen LogP contribution in [-0.2, 0) is 16.3 Å². The zero-order valence-corrected chi connectivity index (χ0v) is 11.0. The van der Waals surface area contributed by atoms with E-state index in [0.29, 0.717) is 6.42 Å². The second-order valence-electron chi connectivity index (χ2n) is 3.92. The molecule has 1 unspecified atom stereocenters. The Hall–Kier alpha value is -0.430. The Morgan fingerprint density at radius 2 is 2.31 bits per heavy atom. The first-order valence-electron chi connectivity index (χ1n) is 5.17. The van der Waals surface area contributed by atoms with Crippen molar-refractivity contribution in [3.05, 3.63) is 22.4 Å². The summed E-state index contributed by atoms with van der Waals surface area (Å²) in [6, 6.07) is 4.22. The van der Waals surface area contributed by atoms with E-state index < -0.39 is 9.84 Å². The molecule has 1 aromatic heterocycles. The van der Waals surface area contributed by atoms with E-state index in [2.05, 4.69) is 11.5 Å². The number of hydrazine groups is 1. The molecule has 0 fully saturated rings. The highest BCUT2D eigenvalue weighted by atomic mass is 32.2. The van der Waals surface area contributed by atoms with Crippen LogP contribution in [0.25, 0.3) is 0 Å². The molecule has 0 aliphatic heterocycles. The number of rotatable bonds is 7. The molecule has 0 bridgehead atoms. The smallest absolute Gasteiger partial charge is 0.147 e. The summed E-state index contributed by atoms with van der Waals surface area (Å²) in [5.41, 5.74) is 2.74. The topological polar surface area (TPSA) is 72.2 Å². The summed E-state index contributed by atoms with van der Waals surface area (Å²) < 4.78 is 21.9. The van der Waals surface area contributed by atoms with E-state index in [4.69, 9.17) is 5.84 Å². The number of hydrogen-bond acceptors (Lipinski definition) is 5. The van der Waals surface area contributed by atoms with Gasteiger partial charge >= 0.3 is 0 Å². The van der Waals surface area contributed by atoms with Crippen LogP contribution in [0.3, 0.4) is 0 Å². The molecule has 6 heteroatoms. The molecule has 0 spiro atoms. The summed E-state index contributed by atoms with van der Waals surface area (Å²) in [5, 5.41) is 2.03. The predicted molar refractivity (Wildman–Crippen MR) is 68.1 cm³/mol. The molecule has 0 saturated carbocycles. The van der Waals surface area contributed by atoms with E-state index in [1.54, 1.807) is 11.3 Å². The van der Waals surface area contributed by atoms with Crippen LogP contribution in [0, 0.1) is 0 Å². The molecular formula is C10H18N2O2S2. The Bertz CT molecular complexity index is 387. The molecule has 0 saturated heterocycles.